The van der Waals surface area contributed by atoms with Crippen LogP contribution in [0.5, 0.6) is 0 Å². The van der Waals surface area contributed by atoms with E-state index in [0.29, 0.717) is 17.9 Å². The lowest BCUT2D eigenvalue weighted by Crippen LogP contribution is -2.16. The zero-order valence-electron chi connectivity index (χ0n) is 7.36. The monoisotopic (exact) mass is 226 g/mol. The molecule has 0 aliphatic heterocycles. The Bertz CT molecular complexity index is 355. The summed E-state index contributed by atoms with van der Waals surface area (Å²) in [6.07, 6.45) is -4.48. The Morgan fingerprint density at radius 1 is 1.50 bits per heavy atom. The van der Waals surface area contributed by atoms with Crippen molar-refractivity contribution < 1.29 is 13.2 Å². The maximum Gasteiger partial charge on any atom is 0.432 e. The highest BCUT2D eigenvalue weighted by atomic mass is 32.1. The van der Waals surface area contributed by atoms with Crippen molar-refractivity contribution in [2.45, 2.75) is 19.6 Å². The van der Waals surface area contributed by atoms with Crippen molar-refractivity contribution >= 4 is 11.3 Å². The molecule has 2 N–H and O–H groups in total. The fourth-order valence-corrected chi connectivity index (χ4v) is 1.77. The van der Waals surface area contributed by atoms with Crippen LogP contribution in [0.4, 0.5) is 13.2 Å². The molecule has 0 radical (unpaired) electrons. The Kier molecular flexibility index (Phi) is 3.33. The fraction of sp³-hybridized carbons (Fsp3) is 0.571. The molecule has 0 saturated heterocycles. The van der Waals surface area contributed by atoms with Gasteiger partial charge in [0, 0.05) is 6.54 Å². The summed E-state index contributed by atoms with van der Waals surface area (Å²) in [5.41, 5.74) is -0.937. The van der Waals surface area contributed by atoms with E-state index in [1.807, 2.05) is 0 Å². The van der Waals surface area contributed by atoms with Gasteiger partial charge >= 0.3 is 11.0 Å². The summed E-state index contributed by atoms with van der Waals surface area (Å²) < 4.78 is 36.9. The number of rotatable bonds is 3. The minimum atomic E-state index is -4.48. The SMILES string of the molecule is CCNCc1sc(=O)[nH]c1C(F)(F)F. The second-order valence-electron chi connectivity index (χ2n) is 2.59. The van der Waals surface area contributed by atoms with E-state index in [0.717, 1.165) is 0 Å². The van der Waals surface area contributed by atoms with Gasteiger partial charge in [0.2, 0.25) is 0 Å². The molecule has 0 fully saturated rings. The van der Waals surface area contributed by atoms with Crippen molar-refractivity contribution in [3.63, 3.8) is 0 Å². The third-order valence-electron chi connectivity index (χ3n) is 1.54. The molecule has 7 heteroatoms. The van der Waals surface area contributed by atoms with Crippen LogP contribution in [0.15, 0.2) is 4.79 Å². The Hall–Kier alpha value is -0.820. The summed E-state index contributed by atoms with van der Waals surface area (Å²) in [4.78, 5) is 11.9. The van der Waals surface area contributed by atoms with Crippen LogP contribution in [0, 0.1) is 0 Å². The third-order valence-corrected chi connectivity index (χ3v) is 2.42. The average Bonchev–Trinajstić information content (AvgIpc) is 2.42. The molecule has 0 saturated carbocycles. The second kappa shape index (κ2) is 4.14. The first-order valence-electron chi connectivity index (χ1n) is 3.95. The number of halogens is 3. The summed E-state index contributed by atoms with van der Waals surface area (Å²) in [6.45, 7) is 2.40. The van der Waals surface area contributed by atoms with Gasteiger partial charge < -0.3 is 10.3 Å². The number of hydrogen-bond donors (Lipinski definition) is 2. The number of alkyl halides is 3. The zero-order valence-corrected chi connectivity index (χ0v) is 8.18. The van der Waals surface area contributed by atoms with Crippen molar-refractivity contribution in [3.05, 3.63) is 20.2 Å². The lowest BCUT2D eigenvalue weighted by Gasteiger charge is -2.06. The first-order valence-corrected chi connectivity index (χ1v) is 4.76. The van der Waals surface area contributed by atoms with Crippen molar-refractivity contribution in [1.82, 2.24) is 10.3 Å². The topological polar surface area (TPSA) is 44.9 Å². The van der Waals surface area contributed by atoms with Gasteiger partial charge in [0.1, 0.15) is 5.69 Å². The highest BCUT2D eigenvalue weighted by Gasteiger charge is 2.35. The predicted octanol–water partition coefficient (Wildman–Crippen LogP) is 1.56. The van der Waals surface area contributed by atoms with E-state index in [9.17, 15) is 18.0 Å². The van der Waals surface area contributed by atoms with Crippen LogP contribution in [0.25, 0.3) is 0 Å². The maximum atomic E-state index is 12.3. The number of aromatic nitrogens is 1. The molecule has 3 nitrogen and oxygen atoms in total. The van der Waals surface area contributed by atoms with E-state index in [1.165, 1.54) is 0 Å². The van der Waals surface area contributed by atoms with E-state index in [-0.39, 0.29) is 11.4 Å². The van der Waals surface area contributed by atoms with Crippen LogP contribution < -0.4 is 10.2 Å². The summed E-state index contributed by atoms with van der Waals surface area (Å²) >= 11 is 0.588. The van der Waals surface area contributed by atoms with E-state index in [4.69, 9.17) is 0 Å². The van der Waals surface area contributed by atoms with Gasteiger partial charge in [-0.3, -0.25) is 4.79 Å². The van der Waals surface area contributed by atoms with Gasteiger partial charge in [-0.15, -0.1) is 0 Å². The first kappa shape index (κ1) is 11.3. The zero-order chi connectivity index (χ0) is 10.8. The van der Waals surface area contributed by atoms with Gasteiger partial charge in [-0.1, -0.05) is 18.3 Å². The molecule has 0 aliphatic carbocycles. The fourth-order valence-electron chi connectivity index (χ4n) is 0.952. The minimum Gasteiger partial charge on any atom is -0.312 e. The van der Waals surface area contributed by atoms with Crippen molar-refractivity contribution in [1.29, 1.82) is 0 Å². The predicted molar refractivity (Wildman–Crippen MR) is 47.3 cm³/mol. The van der Waals surface area contributed by atoms with Crippen molar-refractivity contribution in [2.75, 3.05) is 6.54 Å². The molecular weight excluding hydrogens is 217 g/mol. The third kappa shape index (κ3) is 2.58. The van der Waals surface area contributed by atoms with E-state index >= 15 is 0 Å². The number of thiazole rings is 1. The maximum absolute atomic E-state index is 12.3. The normalized spacial score (nSPS) is 12.0. The summed E-state index contributed by atoms with van der Waals surface area (Å²) in [5, 5.41) is 2.74. The quantitative estimate of drug-likeness (QED) is 0.821. The molecule has 80 valence electrons. The lowest BCUT2D eigenvalue weighted by molar-refractivity contribution is -0.141. The molecule has 14 heavy (non-hydrogen) atoms. The molecule has 0 unspecified atom stereocenters. The van der Waals surface area contributed by atoms with Gasteiger partial charge in [-0.25, -0.2) is 0 Å². The second-order valence-corrected chi connectivity index (χ2v) is 3.66. The Balaban J connectivity index is 2.97. The van der Waals surface area contributed by atoms with E-state index < -0.39 is 16.7 Å². The molecule has 1 heterocycles. The molecule has 0 spiro atoms. The lowest BCUT2D eigenvalue weighted by atomic mass is 10.3. The molecule has 1 aromatic heterocycles. The van der Waals surface area contributed by atoms with E-state index in [2.05, 4.69) is 5.32 Å². The van der Waals surface area contributed by atoms with Crippen LogP contribution >= 0.6 is 11.3 Å². The number of H-pyrrole nitrogens is 1. The van der Waals surface area contributed by atoms with Crippen LogP contribution in [-0.4, -0.2) is 11.5 Å². The van der Waals surface area contributed by atoms with Gasteiger partial charge in [0.25, 0.3) is 0 Å². The number of aromatic amines is 1. The van der Waals surface area contributed by atoms with Crippen LogP contribution in [0.2, 0.25) is 0 Å². The van der Waals surface area contributed by atoms with Crippen molar-refractivity contribution in [2.24, 2.45) is 0 Å². The summed E-state index contributed by atoms with van der Waals surface area (Å²) in [7, 11) is 0. The number of nitrogens with one attached hydrogen (secondary N) is 2. The highest BCUT2D eigenvalue weighted by Crippen LogP contribution is 2.30. The van der Waals surface area contributed by atoms with Gasteiger partial charge in [0.15, 0.2) is 0 Å². The molecular formula is C7H9F3N2OS. The minimum absolute atomic E-state index is 0.00403. The highest BCUT2D eigenvalue weighted by molar-refractivity contribution is 7.09. The largest absolute Gasteiger partial charge is 0.432 e. The molecule has 0 bridgehead atoms. The van der Waals surface area contributed by atoms with Gasteiger partial charge in [-0.05, 0) is 6.54 Å². The van der Waals surface area contributed by atoms with Gasteiger partial charge in [0.05, 0.1) is 4.88 Å². The van der Waals surface area contributed by atoms with Crippen LogP contribution in [0.3, 0.4) is 0 Å². The first-order chi connectivity index (χ1) is 6.45. The Morgan fingerprint density at radius 3 is 2.64 bits per heavy atom. The standard InChI is InChI=1S/C7H9F3N2OS/c1-2-11-3-4-5(7(8,9)10)12-6(13)14-4/h11H,2-3H2,1H3,(H,12,13). The molecule has 0 amide bonds. The summed E-state index contributed by atoms with van der Waals surface area (Å²) in [6, 6.07) is 0. The molecule has 1 aromatic rings. The van der Waals surface area contributed by atoms with Crippen LogP contribution in [0.1, 0.15) is 17.5 Å². The Labute approximate surface area is 82.0 Å². The van der Waals surface area contributed by atoms with Crippen molar-refractivity contribution in [3.8, 4) is 0 Å². The smallest absolute Gasteiger partial charge is 0.312 e. The molecule has 0 aliphatic rings. The molecule has 0 atom stereocenters. The number of hydrogen-bond acceptors (Lipinski definition) is 3. The summed E-state index contributed by atoms with van der Waals surface area (Å²) in [5.74, 6) is 0. The van der Waals surface area contributed by atoms with Crippen LogP contribution in [-0.2, 0) is 12.7 Å². The Morgan fingerprint density at radius 2 is 2.14 bits per heavy atom. The van der Waals surface area contributed by atoms with E-state index in [1.54, 1.807) is 11.9 Å². The molecule has 0 aromatic carbocycles. The molecule has 1 rings (SSSR count). The van der Waals surface area contributed by atoms with Gasteiger partial charge in [-0.2, -0.15) is 13.2 Å². The average molecular weight is 226 g/mol.